The molecular formula is C43H45N3O11. The lowest BCUT2D eigenvalue weighted by Crippen LogP contribution is -2.54. The molecule has 1 aliphatic heterocycles. The lowest BCUT2D eigenvalue weighted by atomic mass is 9.94. The van der Waals surface area contributed by atoms with E-state index < -0.39 is 65.4 Å². The molecule has 0 unspecified atom stereocenters. The van der Waals surface area contributed by atoms with Crippen molar-refractivity contribution in [1.82, 2.24) is 14.0 Å². The Bertz CT molecular complexity index is 2440. The summed E-state index contributed by atoms with van der Waals surface area (Å²) in [7, 11) is 1.23. The molecule has 3 aromatic carbocycles. The van der Waals surface area contributed by atoms with Gasteiger partial charge in [0.2, 0.25) is 0 Å². The van der Waals surface area contributed by atoms with Crippen molar-refractivity contribution in [2.45, 2.75) is 91.6 Å². The number of methoxy groups -OCH3 is 1. The van der Waals surface area contributed by atoms with Gasteiger partial charge in [0.15, 0.2) is 0 Å². The lowest BCUT2D eigenvalue weighted by Gasteiger charge is -2.32. The predicted octanol–water partition coefficient (Wildman–Crippen LogP) is 8.52. The Hall–Kier alpha value is -6.44. The normalized spacial score (nSPS) is 14.7. The van der Waals surface area contributed by atoms with E-state index in [1.165, 1.54) is 40.8 Å². The van der Waals surface area contributed by atoms with E-state index in [0.717, 1.165) is 0 Å². The number of hydrogen-bond donors (Lipinski definition) is 0. The van der Waals surface area contributed by atoms with Crippen LogP contribution in [0.5, 0.6) is 5.75 Å². The quantitative estimate of drug-likeness (QED) is 0.0959. The first-order chi connectivity index (χ1) is 26.6. The third-order valence-electron chi connectivity index (χ3n) is 8.74. The summed E-state index contributed by atoms with van der Waals surface area (Å²) in [6.07, 6.45) is -0.711. The van der Waals surface area contributed by atoms with Crippen LogP contribution in [0.2, 0.25) is 0 Å². The fraction of sp³-hybridized carbons (Fsp3) is 0.349. The number of fused-ring (bicyclic) bond motifs is 2. The first kappa shape index (κ1) is 40.2. The van der Waals surface area contributed by atoms with E-state index in [2.05, 4.69) is 0 Å². The number of aromatic nitrogens is 2. The summed E-state index contributed by atoms with van der Waals surface area (Å²) in [6, 6.07) is 14.5. The minimum Gasteiger partial charge on any atom is -0.465 e. The van der Waals surface area contributed by atoms with Crippen LogP contribution >= 0.6 is 0 Å². The Morgan fingerprint density at radius 2 is 1.30 bits per heavy atom. The fourth-order valence-electron chi connectivity index (χ4n) is 6.62. The van der Waals surface area contributed by atoms with Gasteiger partial charge in [-0.2, -0.15) is 4.90 Å². The molecule has 3 heterocycles. The van der Waals surface area contributed by atoms with E-state index in [0.29, 0.717) is 43.4 Å². The van der Waals surface area contributed by atoms with Gasteiger partial charge in [0.05, 0.1) is 29.3 Å². The van der Waals surface area contributed by atoms with Crippen LogP contribution in [0.25, 0.3) is 32.9 Å². The Kier molecular flexibility index (Phi) is 10.3. The summed E-state index contributed by atoms with van der Waals surface area (Å²) in [4.78, 5) is 85.2. The summed E-state index contributed by atoms with van der Waals surface area (Å²) in [6.45, 7) is 14.8. The summed E-state index contributed by atoms with van der Waals surface area (Å²) in [5.41, 5.74) is -1.14. The Balaban J connectivity index is 1.73. The third kappa shape index (κ3) is 8.11. The van der Waals surface area contributed by atoms with E-state index in [9.17, 15) is 28.8 Å². The predicted molar refractivity (Wildman–Crippen MR) is 209 cm³/mol. The summed E-state index contributed by atoms with van der Waals surface area (Å²) in [5.74, 6) is -2.67. The van der Waals surface area contributed by atoms with Gasteiger partial charge in [0.1, 0.15) is 28.6 Å². The zero-order valence-corrected chi connectivity index (χ0v) is 33.5. The molecule has 1 aliphatic rings. The smallest absolute Gasteiger partial charge is 0.420 e. The molecule has 0 aliphatic carbocycles. The molecule has 14 heteroatoms. The summed E-state index contributed by atoms with van der Waals surface area (Å²) < 4.78 is 30.8. The second-order valence-electron chi connectivity index (χ2n) is 16.6. The van der Waals surface area contributed by atoms with E-state index >= 15 is 0 Å². The van der Waals surface area contributed by atoms with Gasteiger partial charge in [-0.15, -0.1) is 0 Å². The monoisotopic (exact) mass is 779 g/mol. The van der Waals surface area contributed by atoms with E-state index in [-0.39, 0.29) is 16.9 Å². The number of imide groups is 1. The number of rotatable bonds is 2. The molecule has 14 nitrogen and oxygen atoms in total. The number of amides is 2. The van der Waals surface area contributed by atoms with Crippen LogP contribution in [0.15, 0.2) is 73.1 Å². The molecule has 5 aromatic rings. The van der Waals surface area contributed by atoms with Gasteiger partial charge < -0.3 is 23.7 Å². The first-order valence-corrected chi connectivity index (χ1v) is 18.3. The minimum atomic E-state index is -1.77. The van der Waals surface area contributed by atoms with Crippen molar-refractivity contribution in [3.05, 3.63) is 89.7 Å². The molecule has 0 spiro atoms. The fourth-order valence-corrected chi connectivity index (χ4v) is 6.62. The van der Waals surface area contributed by atoms with Gasteiger partial charge in [0.25, 0.3) is 5.91 Å². The minimum absolute atomic E-state index is 0.0685. The highest BCUT2D eigenvalue weighted by Gasteiger charge is 2.43. The molecule has 6 rings (SSSR count). The summed E-state index contributed by atoms with van der Waals surface area (Å²) in [5, 5.41) is 0.805. The van der Waals surface area contributed by atoms with Crippen molar-refractivity contribution in [1.29, 1.82) is 0 Å². The third-order valence-corrected chi connectivity index (χ3v) is 8.74. The highest BCUT2D eigenvalue weighted by atomic mass is 16.6. The van der Waals surface area contributed by atoms with Gasteiger partial charge in [-0.3, -0.25) is 13.9 Å². The molecule has 2 amide bonds. The van der Waals surface area contributed by atoms with Crippen molar-refractivity contribution in [3.8, 4) is 16.9 Å². The molecule has 2 aromatic heterocycles. The largest absolute Gasteiger partial charge is 0.465 e. The first-order valence-electron chi connectivity index (χ1n) is 18.3. The number of carbonyl (C=O) groups is 6. The SMILES string of the molecule is COC(=O)c1cn2c3c(cccc13)-c1cccc3c1c(cn3C(=O)OC(C)(C)C)C[C@@H](N(C(=O)OC(C)(C)C)C(=O)OC(C)(C)C)C(=O)Oc1ccccc1C2=O. The second-order valence-corrected chi connectivity index (χ2v) is 16.6. The van der Waals surface area contributed by atoms with Crippen molar-refractivity contribution >= 4 is 57.9 Å². The highest BCUT2D eigenvalue weighted by molar-refractivity contribution is 6.16. The zero-order chi connectivity index (χ0) is 41.8. The average Bonchev–Trinajstić information content (AvgIpc) is 3.68. The van der Waals surface area contributed by atoms with Crippen LogP contribution in [0.1, 0.15) is 88.6 Å². The molecule has 0 saturated heterocycles. The molecule has 1 atom stereocenters. The zero-order valence-electron chi connectivity index (χ0n) is 33.5. The van der Waals surface area contributed by atoms with Crippen LogP contribution in [0.4, 0.5) is 14.4 Å². The maximum Gasteiger partial charge on any atom is 0.420 e. The molecule has 57 heavy (non-hydrogen) atoms. The Labute approximate surface area is 329 Å². The van der Waals surface area contributed by atoms with Gasteiger partial charge in [-0.25, -0.2) is 24.0 Å². The van der Waals surface area contributed by atoms with Crippen LogP contribution in [0.3, 0.4) is 0 Å². The average molecular weight is 780 g/mol. The molecule has 298 valence electrons. The number of carbonyl (C=O) groups excluding carboxylic acids is 6. The number of hydrogen-bond acceptors (Lipinski definition) is 11. The molecule has 0 N–H and O–H groups in total. The van der Waals surface area contributed by atoms with E-state index in [1.54, 1.807) is 111 Å². The number of nitrogens with zero attached hydrogens (tertiary/aromatic N) is 3. The maximum atomic E-state index is 14.7. The lowest BCUT2D eigenvalue weighted by molar-refractivity contribution is -0.140. The van der Waals surface area contributed by atoms with Crippen molar-refractivity contribution < 1.29 is 52.5 Å². The number of esters is 2. The Morgan fingerprint density at radius 1 is 0.719 bits per heavy atom. The van der Waals surface area contributed by atoms with Crippen LogP contribution in [-0.2, 0) is 30.2 Å². The number of para-hydroxylation sites is 2. The summed E-state index contributed by atoms with van der Waals surface area (Å²) >= 11 is 0. The molecular weight excluding hydrogens is 734 g/mol. The number of benzene rings is 3. The van der Waals surface area contributed by atoms with Crippen LogP contribution < -0.4 is 4.74 Å². The van der Waals surface area contributed by atoms with Gasteiger partial charge in [-0.1, -0.05) is 42.5 Å². The van der Waals surface area contributed by atoms with Gasteiger partial charge in [-0.05, 0) is 91.6 Å². The number of ether oxygens (including phenoxy) is 5. The molecule has 0 saturated carbocycles. The van der Waals surface area contributed by atoms with Crippen LogP contribution in [0, 0.1) is 0 Å². The van der Waals surface area contributed by atoms with Crippen molar-refractivity contribution in [2.75, 3.05) is 7.11 Å². The second kappa shape index (κ2) is 14.6. The van der Waals surface area contributed by atoms with Crippen molar-refractivity contribution in [3.63, 3.8) is 0 Å². The highest BCUT2D eigenvalue weighted by Crippen LogP contribution is 2.40. The van der Waals surface area contributed by atoms with Gasteiger partial charge >= 0.3 is 30.2 Å². The van der Waals surface area contributed by atoms with Crippen LogP contribution in [-0.4, -0.2) is 80.1 Å². The van der Waals surface area contributed by atoms with E-state index in [1.807, 2.05) is 0 Å². The van der Waals surface area contributed by atoms with E-state index in [4.69, 9.17) is 23.7 Å². The topological polar surface area (TPSA) is 162 Å². The maximum absolute atomic E-state index is 14.7. The molecule has 0 radical (unpaired) electrons. The molecule has 0 bridgehead atoms. The molecule has 0 fully saturated rings. The standard InChI is InChI=1S/C43H45N3O11/c1-41(2,3)55-38(50)44-22-24-21-31(46(39(51)56-42(4,5)6)40(52)57-43(7,8)9)37(49)54-32-20-12-11-15-28(32)35(47)45-23-29(36(48)53-10)27-18-13-17-26(34(27)45)25-16-14-19-30(44)33(24)25/h11-20,22-23,31H,21H2,1-10H3/t31-/m1/s1. The van der Waals surface area contributed by atoms with Crippen molar-refractivity contribution in [2.24, 2.45) is 0 Å². The van der Waals surface area contributed by atoms with Gasteiger partial charge in [0, 0.05) is 35.2 Å². The Morgan fingerprint density at radius 3 is 1.91 bits per heavy atom.